The third-order valence-electron chi connectivity index (χ3n) is 6.96. The molecule has 1 fully saturated rings. The SMILES string of the molecule is COC(=O)N/C=C/CCC(C)c1cc(O)c(C(=O)C(C)C(C)Cc2ccc(CCC3CC3)s2)c(=O)o1. The van der Waals surface area contributed by atoms with Gasteiger partial charge >= 0.3 is 11.7 Å². The van der Waals surface area contributed by atoms with E-state index >= 15 is 0 Å². The Kier molecular flexibility index (Phi) is 9.93. The molecule has 2 N–H and O–H groups in total. The molecule has 1 amide bonds. The maximum absolute atomic E-state index is 13.1. The first-order chi connectivity index (χ1) is 17.2. The van der Waals surface area contributed by atoms with Crippen LogP contribution in [0.3, 0.4) is 0 Å². The fourth-order valence-corrected chi connectivity index (χ4v) is 5.30. The number of nitrogens with one attached hydrogen (secondary N) is 1. The highest BCUT2D eigenvalue weighted by atomic mass is 32.1. The van der Waals surface area contributed by atoms with Crippen molar-refractivity contribution in [1.29, 1.82) is 0 Å². The molecule has 2 aromatic heterocycles. The number of carbonyl (C=O) groups excluding carboxylic acids is 2. The third-order valence-corrected chi connectivity index (χ3v) is 8.12. The summed E-state index contributed by atoms with van der Waals surface area (Å²) < 4.78 is 9.92. The van der Waals surface area contributed by atoms with Crippen LogP contribution in [0.25, 0.3) is 0 Å². The second kappa shape index (κ2) is 12.9. The van der Waals surface area contributed by atoms with E-state index in [1.54, 1.807) is 24.3 Å². The summed E-state index contributed by atoms with van der Waals surface area (Å²) in [5, 5.41) is 13.0. The first-order valence-electron chi connectivity index (χ1n) is 12.7. The van der Waals surface area contributed by atoms with Crippen molar-refractivity contribution in [3.05, 3.63) is 62.0 Å². The Hall–Kier alpha value is -2.87. The van der Waals surface area contributed by atoms with Crippen LogP contribution < -0.4 is 10.9 Å². The molecule has 36 heavy (non-hydrogen) atoms. The van der Waals surface area contributed by atoms with Crippen molar-refractivity contribution in [3.63, 3.8) is 0 Å². The Bertz CT molecular complexity index is 1130. The lowest BCUT2D eigenvalue weighted by Crippen LogP contribution is -2.26. The first-order valence-corrected chi connectivity index (χ1v) is 13.5. The van der Waals surface area contributed by atoms with Crippen LogP contribution in [0.2, 0.25) is 0 Å². The number of Topliss-reactive ketones (excluding diaryl/α,β-unsaturated/α-hetero) is 1. The number of rotatable bonds is 13. The predicted molar refractivity (Wildman–Crippen MR) is 141 cm³/mol. The Morgan fingerprint density at radius 2 is 1.97 bits per heavy atom. The molecule has 2 aromatic rings. The Balaban J connectivity index is 1.57. The van der Waals surface area contributed by atoms with E-state index < -0.39 is 23.4 Å². The lowest BCUT2D eigenvalue weighted by atomic mass is 9.86. The van der Waals surface area contributed by atoms with Gasteiger partial charge in [0.05, 0.1) is 7.11 Å². The van der Waals surface area contributed by atoms with E-state index in [2.05, 4.69) is 22.2 Å². The van der Waals surface area contributed by atoms with Gasteiger partial charge in [-0.25, -0.2) is 9.59 Å². The summed E-state index contributed by atoms with van der Waals surface area (Å²) in [6, 6.07) is 5.70. The van der Waals surface area contributed by atoms with Gasteiger partial charge < -0.3 is 14.3 Å². The molecule has 3 atom stereocenters. The molecule has 0 saturated heterocycles. The zero-order valence-electron chi connectivity index (χ0n) is 21.5. The molecule has 2 heterocycles. The van der Waals surface area contributed by atoms with E-state index in [0.717, 1.165) is 18.8 Å². The smallest absolute Gasteiger partial charge is 0.410 e. The summed E-state index contributed by atoms with van der Waals surface area (Å²) in [6.07, 6.45) is 9.78. The fraction of sp³-hybridized carbons (Fsp3) is 0.536. The van der Waals surface area contributed by atoms with E-state index in [1.165, 1.54) is 48.4 Å². The number of ketones is 1. The number of alkyl carbamates (subject to hydrolysis) is 1. The van der Waals surface area contributed by atoms with Gasteiger partial charge in [-0.3, -0.25) is 10.1 Å². The van der Waals surface area contributed by atoms with Crippen LogP contribution in [0.15, 0.2) is 39.7 Å². The molecule has 196 valence electrons. The average molecular weight is 516 g/mol. The average Bonchev–Trinajstić information content (AvgIpc) is 3.58. The van der Waals surface area contributed by atoms with Crippen LogP contribution in [-0.4, -0.2) is 24.1 Å². The molecule has 1 aliphatic rings. The van der Waals surface area contributed by atoms with Crippen LogP contribution in [0, 0.1) is 17.8 Å². The zero-order valence-corrected chi connectivity index (χ0v) is 22.4. The zero-order chi connectivity index (χ0) is 26.2. The van der Waals surface area contributed by atoms with E-state index in [4.69, 9.17) is 4.42 Å². The molecular weight excluding hydrogens is 478 g/mol. The number of carbonyl (C=O) groups is 2. The quantitative estimate of drug-likeness (QED) is 0.308. The van der Waals surface area contributed by atoms with Crippen molar-refractivity contribution in [2.24, 2.45) is 17.8 Å². The van der Waals surface area contributed by atoms with Crippen molar-refractivity contribution in [1.82, 2.24) is 5.32 Å². The highest BCUT2D eigenvalue weighted by molar-refractivity contribution is 7.12. The van der Waals surface area contributed by atoms with Crippen molar-refractivity contribution >= 4 is 23.2 Å². The fourth-order valence-electron chi connectivity index (χ4n) is 4.13. The summed E-state index contributed by atoms with van der Waals surface area (Å²) in [5.41, 5.74) is -1.08. The standard InChI is InChI=1S/C28H37NO6S/c1-17(7-5-6-14-29-28(33)34-4)24-16-23(30)25(27(32)35-24)26(31)19(3)18(2)15-22-13-12-21(36-22)11-10-20-8-9-20/h6,12-14,16-20,30H,5,7-11,15H2,1-4H3,(H,29,33)/b14-6+. The molecule has 0 radical (unpaired) electrons. The number of allylic oxidation sites excluding steroid dienone is 1. The van der Waals surface area contributed by atoms with Gasteiger partial charge in [0.25, 0.3) is 0 Å². The highest BCUT2D eigenvalue weighted by Gasteiger charge is 2.29. The number of methoxy groups -OCH3 is 1. The van der Waals surface area contributed by atoms with E-state index in [-0.39, 0.29) is 23.1 Å². The normalized spacial score (nSPS) is 16.0. The van der Waals surface area contributed by atoms with Crippen LogP contribution in [0.1, 0.15) is 84.7 Å². The molecule has 0 aromatic carbocycles. The monoisotopic (exact) mass is 515 g/mol. The Labute approximate surface area is 216 Å². The largest absolute Gasteiger partial charge is 0.507 e. The number of thiophene rings is 1. The number of hydrogen-bond acceptors (Lipinski definition) is 7. The van der Waals surface area contributed by atoms with Gasteiger partial charge in [0, 0.05) is 33.9 Å². The van der Waals surface area contributed by atoms with Crippen LogP contribution in [0.4, 0.5) is 4.79 Å². The Morgan fingerprint density at radius 1 is 1.25 bits per heavy atom. The minimum absolute atomic E-state index is 0.00946. The summed E-state index contributed by atoms with van der Waals surface area (Å²) in [6.45, 7) is 5.67. The molecular formula is C28H37NO6S. The molecule has 0 spiro atoms. The number of hydrogen-bond donors (Lipinski definition) is 2. The molecule has 1 aliphatic carbocycles. The topological polar surface area (TPSA) is 106 Å². The van der Waals surface area contributed by atoms with Crippen molar-refractivity contribution in [3.8, 4) is 5.75 Å². The molecule has 0 aliphatic heterocycles. The van der Waals surface area contributed by atoms with Crippen molar-refractivity contribution in [2.75, 3.05) is 7.11 Å². The van der Waals surface area contributed by atoms with Crippen LogP contribution in [-0.2, 0) is 17.6 Å². The highest BCUT2D eigenvalue weighted by Crippen LogP contribution is 2.35. The van der Waals surface area contributed by atoms with E-state index in [0.29, 0.717) is 18.6 Å². The number of aryl methyl sites for hydroxylation is 1. The van der Waals surface area contributed by atoms with Crippen LogP contribution >= 0.6 is 11.3 Å². The number of amides is 1. The minimum atomic E-state index is -0.803. The summed E-state index contributed by atoms with van der Waals surface area (Å²) in [5.74, 6) is -0.0928. The van der Waals surface area contributed by atoms with Crippen molar-refractivity contribution < 1.29 is 23.8 Å². The molecule has 7 nitrogen and oxygen atoms in total. The van der Waals surface area contributed by atoms with Gasteiger partial charge in [-0.15, -0.1) is 11.3 Å². The van der Waals surface area contributed by atoms with Gasteiger partial charge in [0.15, 0.2) is 5.78 Å². The van der Waals surface area contributed by atoms with Gasteiger partial charge in [-0.1, -0.05) is 39.7 Å². The second-order valence-corrected chi connectivity index (χ2v) is 11.2. The lowest BCUT2D eigenvalue weighted by Gasteiger charge is -2.18. The summed E-state index contributed by atoms with van der Waals surface area (Å²) in [4.78, 5) is 39.5. The van der Waals surface area contributed by atoms with E-state index in [1.807, 2.05) is 13.8 Å². The van der Waals surface area contributed by atoms with Gasteiger partial charge in [-0.05, 0) is 56.1 Å². The Morgan fingerprint density at radius 3 is 2.64 bits per heavy atom. The van der Waals surface area contributed by atoms with Gasteiger partial charge in [0.2, 0.25) is 0 Å². The molecule has 0 bridgehead atoms. The summed E-state index contributed by atoms with van der Waals surface area (Å²) >= 11 is 1.81. The van der Waals surface area contributed by atoms with Gasteiger partial charge in [0.1, 0.15) is 17.1 Å². The second-order valence-electron chi connectivity index (χ2n) is 9.90. The lowest BCUT2D eigenvalue weighted by molar-refractivity contribution is 0.0885. The molecule has 3 rings (SSSR count). The first kappa shape index (κ1) is 27.7. The maximum atomic E-state index is 13.1. The number of ether oxygens (including phenoxy) is 1. The van der Waals surface area contributed by atoms with Gasteiger partial charge in [-0.2, -0.15) is 0 Å². The molecule has 1 saturated carbocycles. The molecule has 8 heteroatoms. The minimum Gasteiger partial charge on any atom is -0.507 e. The number of aromatic hydroxyl groups is 1. The predicted octanol–water partition coefficient (Wildman–Crippen LogP) is 6.20. The molecule has 3 unspecified atom stereocenters. The van der Waals surface area contributed by atoms with E-state index in [9.17, 15) is 19.5 Å². The third kappa shape index (κ3) is 7.82. The van der Waals surface area contributed by atoms with Crippen molar-refractivity contribution in [2.45, 2.75) is 71.6 Å². The maximum Gasteiger partial charge on any atom is 0.410 e. The van der Waals surface area contributed by atoms with Crippen LogP contribution in [0.5, 0.6) is 5.75 Å². The summed E-state index contributed by atoms with van der Waals surface area (Å²) in [7, 11) is 1.28.